The third-order valence-corrected chi connectivity index (χ3v) is 4.82. The van der Waals surface area contributed by atoms with Crippen LogP contribution in [0.15, 0.2) is 11.4 Å². The first-order chi connectivity index (χ1) is 9.29. The Hall–Kier alpha value is -0.890. The zero-order chi connectivity index (χ0) is 13.5. The van der Waals surface area contributed by atoms with E-state index >= 15 is 0 Å². The molecule has 0 spiro atoms. The highest BCUT2D eigenvalue weighted by Gasteiger charge is 2.21. The second-order valence-electron chi connectivity index (χ2n) is 5.34. The minimum absolute atomic E-state index is 0.0655. The lowest BCUT2D eigenvalue weighted by molar-refractivity contribution is 0.0643. The predicted octanol–water partition coefficient (Wildman–Crippen LogP) is 3.04. The van der Waals surface area contributed by atoms with Gasteiger partial charge in [0, 0.05) is 16.8 Å². The van der Waals surface area contributed by atoms with E-state index in [0.717, 1.165) is 37.9 Å². The monoisotopic (exact) mass is 278 g/mol. The second-order valence-corrected chi connectivity index (χ2v) is 6.34. The number of nitrogens with zero attached hydrogens (tertiary/aromatic N) is 1. The van der Waals surface area contributed by atoms with E-state index in [-0.39, 0.29) is 6.10 Å². The maximum absolute atomic E-state index is 9.88. The molecule has 1 aromatic rings. The van der Waals surface area contributed by atoms with Gasteiger partial charge in [0.05, 0.1) is 11.7 Å². The first-order valence-corrected chi connectivity index (χ1v) is 8.04. The summed E-state index contributed by atoms with van der Waals surface area (Å²) in [6.07, 6.45) is 6.84. The van der Waals surface area contributed by atoms with Gasteiger partial charge in [-0.3, -0.25) is 0 Å². The molecule has 1 fully saturated rings. The van der Waals surface area contributed by atoms with E-state index in [1.54, 1.807) is 11.3 Å². The number of rotatable bonds is 6. The van der Waals surface area contributed by atoms with Crippen molar-refractivity contribution >= 4 is 11.3 Å². The maximum Gasteiger partial charge on any atom is 0.100 e. The molecule has 1 aromatic heterocycles. The largest absolute Gasteiger partial charge is 0.393 e. The van der Waals surface area contributed by atoms with Gasteiger partial charge in [0.15, 0.2) is 0 Å². The SMILES string of the molecule is N#Cc1csc(CNCCCC2CCCCC2O)c1. The van der Waals surface area contributed by atoms with Crippen LogP contribution in [-0.2, 0) is 6.54 Å². The minimum Gasteiger partial charge on any atom is -0.393 e. The molecule has 0 aromatic carbocycles. The summed E-state index contributed by atoms with van der Waals surface area (Å²) in [6, 6.07) is 4.10. The minimum atomic E-state index is -0.0655. The van der Waals surface area contributed by atoms with Crippen LogP contribution in [0, 0.1) is 17.2 Å². The van der Waals surface area contributed by atoms with Crippen LogP contribution in [0.1, 0.15) is 49.0 Å². The zero-order valence-corrected chi connectivity index (χ0v) is 12.1. The molecule has 3 nitrogen and oxygen atoms in total. The number of hydrogen-bond acceptors (Lipinski definition) is 4. The number of thiophene rings is 1. The van der Waals surface area contributed by atoms with Gasteiger partial charge in [-0.2, -0.15) is 5.26 Å². The Morgan fingerprint density at radius 3 is 3.00 bits per heavy atom. The third-order valence-electron chi connectivity index (χ3n) is 3.88. The molecule has 0 amide bonds. The van der Waals surface area contributed by atoms with Gasteiger partial charge in [-0.1, -0.05) is 12.8 Å². The number of nitriles is 1. The molecular formula is C15H22N2OS. The van der Waals surface area contributed by atoms with E-state index in [4.69, 9.17) is 5.26 Å². The summed E-state index contributed by atoms with van der Waals surface area (Å²) in [5, 5.41) is 23.9. The third kappa shape index (κ3) is 4.61. The summed E-state index contributed by atoms with van der Waals surface area (Å²) in [6.45, 7) is 1.84. The van der Waals surface area contributed by atoms with E-state index in [9.17, 15) is 5.11 Å². The fraction of sp³-hybridized carbons (Fsp3) is 0.667. The molecule has 2 atom stereocenters. The zero-order valence-electron chi connectivity index (χ0n) is 11.3. The lowest BCUT2D eigenvalue weighted by atomic mass is 9.83. The predicted molar refractivity (Wildman–Crippen MR) is 77.9 cm³/mol. The average Bonchev–Trinajstić information content (AvgIpc) is 2.88. The van der Waals surface area contributed by atoms with E-state index in [1.807, 2.05) is 11.4 Å². The van der Waals surface area contributed by atoms with Crippen LogP contribution in [0.25, 0.3) is 0 Å². The van der Waals surface area contributed by atoms with Crippen molar-refractivity contribution in [3.63, 3.8) is 0 Å². The Bertz CT molecular complexity index is 424. The van der Waals surface area contributed by atoms with Crippen LogP contribution >= 0.6 is 11.3 Å². The van der Waals surface area contributed by atoms with Crippen LogP contribution in [0.3, 0.4) is 0 Å². The van der Waals surface area contributed by atoms with Gasteiger partial charge in [-0.15, -0.1) is 11.3 Å². The summed E-state index contributed by atoms with van der Waals surface area (Å²) in [7, 11) is 0. The number of aliphatic hydroxyl groups excluding tert-OH is 1. The molecular weight excluding hydrogens is 256 g/mol. The highest BCUT2D eigenvalue weighted by atomic mass is 32.1. The quantitative estimate of drug-likeness (QED) is 0.786. The molecule has 2 unspecified atom stereocenters. The molecule has 1 aliphatic carbocycles. The number of nitrogens with one attached hydrogen (secondary N) is 1. The molecule has 1 heterocycles. The van der Waals surface area contributed by atoms with Gasteiger partial charge in [0.2, 0.25) is 0 Å². The molecule has 0 aliphatic heterocycles. The lowest BCUT2D eigenvalue weighted by Crippen LogP contribution is -2.25. The van der Waals surface area contributed by atoms with Crippen molar-refractivity contribution in [2.24, 2.45) is 5.92 Å². The molecule has 4 heteroatoms. The van der Waals surface area contributed by atoms with Crippen molar-refractivity contribution < 1.29 is 5.11 Å². The Morgan fingerprint density at radius 2 is 2.26 bits per heavy atom. The van der Waals surface area contributed by atoms with Gasteiger partial charge < -0.3 is 10.4 Å². The summed E-state index contributed by atoms with van der Waals surface area (Å²) in [5.74, 6) is 0.516. The standard InChI is InChI=1S/C15H22N2OS/c16-9-12-8-14(19-11-12)10-17-7-3-5-13-4-1-2-6-15(13)18/h8,11,13,15,17-18H,1-7,10H2. The Morgan fingerprint density at radius 1 is 1.42 bits per heavy atom. The van der Waals surface area contributed by atoms with Crippen molar-refractivity contribution in [3.8, 4) is 6.07 Å². The fourth-order valence-electron chi connectivity index (χ4n) is 2.76. The number of aliphatic hydroxyl groups is 1. The van der Waals surface area contributed by atoms with Gasteiger partial charge in [-0.25, -0.2) is 0 Å². The molecule has 1 aliphatic rings. The number of hydrogen-bond donors (Lipinski definition) is 2. The van der Waals surface area contributed by atoms with Crippen LogP contribution in [-0.4, -0.2) is 17.8 Å². The lowest BCUT2D eigenvalue weighted by Gasteiger charge is -2.27. The molecule has 104 valence electrons. The van der Waals surface area contributed by atoms with E-state index < -0.39 is 0 Å². The average molecular weight is 278 g/mol. The highest BCUT2D eigenvalue weighted by Crippen LogP contribution is 2.27. The van der Waals surface area contributed by atoms with E-state index in [0.29, 0.717) is 5.92 Å². The summed E-state index contributed by atoms with van der Waals surface area (Å²) in [5.41, 5.74) is 0.757. The van der Waals surface area contributed by atoms with Gasteiger partial charge in [0.1, 0.15) is 6.07 Å². The van der Waals surface area contributed by atoms with E-state index in [2.05, 4.69) is 11.4 Å². The van der Waals surface area contributed by atoms with Gasteiger partial charge in [-0.05, 0) is 44.2 Å². The van der Waals surface area contributed by atoms with Gasteiger partial charge >= 0.3 is 0 Å². The molecule has 2 rings (SSSR count). The molecule has 1 saturated carbocycles. The summed E-state index contributed by atoms with van der Waals surface area (Å²) < 4.78 is 0. The summed E-state index contributed by atoms with van der Waals surface area (Å²) >= 11 is 1.64. The van der Waals surface area contributed by atoms with Crippen LogP contribution in [0.4, 0.5) is 0 Å². The van der Waals surface area contributed by atoms with Crippen LogP contribution < -0.4 is 5.32 Å². The van der Waals surface area contributed by atoms with Gasteiger partial charge in [0.25, 0.3) is 0 Å². The Labute approximate surface area is 119 Å². The summed E-state index contributed by atoms with van der Waals surface area (Å²) in [4.78, 5) is 1.22. The van der Waals surface area contributed by atoms with E-state index in [1.165, 1.54) is 24.1 Å². The fourth-order valence-corrected chi connectivity index (χ4v) is 3.54. The first kappa shape index (κ1) is 14.5. The molecule has 19 heavy (non-hydrogen) atoms. The first-order valence-electron chi connectivity index (χ1n) is 7.16. The normalized spacial score (nSPS) is 23.2. The highest BCUT2D eigenvalue weighted by molar-refractivity contribution is 7.10. The topological polar surface area (TPSA) is 56.0 Å². The van der Waals surface area contributed by atoms with Crippen molar-refractivity contribution in [3.05, 3.63) is 21.9 Å². The molecule has 2 N–H and O–H groups in total. The molecule has 0 radical (unpaired) electrons. The molecule has 0 saturated heterocycles. The van der Waals surface area contributed by atoms with Crippen molar-refractivity contribution in [1.82, 2.24) is 5.32 Å². The van der Waals surface area contributed by atoms with Crippen molar-refractivity contribution in [2.75, 3.05) is 6.54 Å². The van der Waals surface area contributed by atoms with Crippen LogP contribution in [0.5, 0.6) is 0 Å². The smallest absolute Gasteiger partial charge is 0.100 e. The second kappa shape index (κ2) is 7.64. The Kier molecular flexibility index (Phi) is 5.84. The van der Waals surface area contributed by atoms with Crippen LogP contribution in [0.2, 0.25) is 0 Å². The Balaban J connectivity index is 1.58. The van der Waals surface area contributed by atoms with Crippen molar-refractivity contribution in [1.29, 1.82) is 5.26 Å². The molecule has 0 bridgehead atoms. The van der Waals surface area contributed by atoms with Crippen molar-refractivity contribution in [2.45, 2.75) is 51.2 Å². The maximum atomic E-state index is 9.88.